The van der Waals surface area contributed by atoms with Crippen molar-refractivity contribution >= 4 is 11.9 Å². The molecule has 40 heavy (non-hydrogen) atoms. The molecule has 0 atom stereocenters. The van der Waals surface area contributed by atoms with Crippen LogP contribution < -0.4 is 10.1 Å². The zero-order valence-electron chi connectivity index (χ0n) is 20.7. The van der Waals surface area contributed by atoms with E-state index in [1.54, 1.807) is 12.1 Å². The van der Waals surface area contributed by atoms with E-state index in [4.69, 9.17) is 19.7 Å². The Bertz CT molecular complexity index is 1050. The number of carbonyl (C=O) groups is 2. The van der Waals surface area contributed by atoms with Crippen molar-refractivity contribution in [3.8, 4) is 5.75 Å². The molecular weight excluding hydrogens is 565 g/mol. The van der Waals surface area contributed by atoms with Crippen LogP contribution in [0.15, 0.2) is 42.5 Å². The summed E-state index contributed by atoms with van der Waals surface area (Å²) in [6, 6.07) is 8.83. The number of rotatable bonds is 12. The van der Waals surface area contributed by atoms with E-state index in [0.717, 1.165) is 30.5 Å². The number of alkyl halides is 9. The Morgan fingerprint density at radius 3 is 1.68 bits per heavy atom. The molecule has 0 aliphatic carbocycles. The second-order valence-electron chi connectivity index (χ2n) is 8.31. The summed E-state index contributed by atoms with van der Waals surface area (Å²) in [6.45, 7) is 1.25. The van der Waals surface area contributed by atoms with Crippen LogP contribution in [0.25, 0.3) is 0 Å². The summed E-state index contributed by atoms with van der Waals surface area (Å²) in [5.74, 6) is -3.05. The third kappa shape index (κ3) is 14.1. The van der Waals surface area contributed by atoms with Crippen molar-refractivity contribution in [1.29, 1.82) is 0 Å². The zero-order valence-corrected chi connectivity index (χ0v) is 20.7. The molecule has 0 aliphatic heterocycles. The highest BCUT2D eigenvalue weighted by atomic mass is 19.4. The lowest BCUT2D eigenvalue weighted by Crippen LogP contribution is -2.21. The predicted molar refractivity (Wildman–Crippen MR) is 124 cm³/mol. The van der Waals surface area contributed by atoms with Crippen LogP contribution in [0, 0.1) is 0 Å². The van der Waals surface area contributed by atoms with E-state index in [-0.39, 0.29) is 37.5 Å². The van der Waals surface area contributed by atoms with Crippen molar-refractivity contribution < 1.29 is 64.1 Å². The fourth-order valence-electron chi connectivity index (χ4n) is 3.12. The third-order valence-corrected chi connectivity index (χ3v) is 5.03. The summed E-state index contributed by atoms with van der Waals surface area (Å²) in [4.78, 5) is 19.3. The van der Waals surface area contributed by atoms with Gasteiger partial charge < -0.3 is 20.3 Å². The monoisotopic (exact) mass is 591 g/mol. The van der Waals surface area contributed by atoms with E-state index in [1.165, 1.54) is 0 Å². The van der Waals surface area contributed by atoms with Crippen molar-refractivity contribution in [1.82, 2.24) is 5.32 Å². The Balaban J connectivity index is 0.00000101. The van der Waals surface area contributed by atoms with Crippen LogP contribution >= 0.6 is 0 Å². The molecule has 224 valence electrons. The van der Waals surface area contributed by atoms with Gasteiger partial charge in [0.25, 0.3) is 0 Å². The maximum atomic E-state index is 12.9. The van der Waals surface area contributed by atoms with Gasteiger partial charge in [-0.3, -0.25) is 4.79 Å². The average Bonchev–Trinajstić information content (AvgIpc) is 2.83. The van der Waals surface area contributed by atoms with Crippen LogP contribution in [-0.4, -0.2) is 48.0 Å². The minimum Gasteiger partial charge on any atom is -0.494 e. The fourth-order valence-corrected chi connectivity index (χ4v) is 3.12. The van der Waals surface area contributed by atoms with Crippen LogP contribution in [0.1, 0.15) is 41.5 Å². The Hall–Kier alpha value is -3.49. The number of ether oxygens (including phenoxy) is 1. The van der Waals surface area contributed by atoms with Gasteiger partial charge in [0.1, 0.15) is 5.75 Å². The SMILES string of the molecule is O=C(O)C(F)(F)F.O=C(O)CCNCCCc1ccc(OCCCc2cc(C(F)(F)F)cc(C(F)(F)F)c2)cc1. The van der Waals surface area contributed by atoms with Crippen LogP contribution in [0.3, 0.4) is 0 Å². The number of halogens is 9. The van der Waals surface area contributed by atoms with Gasteiger partial charge in [0.2, 0.25) is 0 Å². The lowest BCUT2D eigenvalue weighted by molar-refractivity contribution is -0.192. The molecule has 2 aromatic rings. The molecule has 0 heterocycles. The highest BCUT2D eigenvalue weighted by Crippen LogP contribution is 2.36. The van der Waals surface area contributed by atoms with Crippen molar-refractivity contribution in [3.05, 3.63) is 64.7 Å². The highest BCUT2D eigenvalue weighted by molar-refractivity contribution is 5.73. The number of carboxylic acids is 2. The quantitative estimate of drug-likeness (QED) is 0.196. The summed E-state index contributed by atoms with van der Waals surface area (Å²) in [7, 11) is 0. The van der Waals surface area contributed by atoms with Gasteiger partial charge in [0.05, 0.1) is 24.2 Å². The standard InChI is InChI=1S/C23H25F6NO3.C2HF3O2/c24-22(25,26)18-13-17(14-19(15-18)23(27,28)29)4-2-12-33-20-7-5-16(6-8-20)3-1-10-30-11-9-21(31)32;3-2(4,5)1(6)7/h5-8,13-15,30H,1-4,9-12H2,(H,31,32);(H,6,7). The first kappa shape index (κ1) is 34.5. The van der Waals surface area contributed by atoms with Crippen molar-refractivity contribution in [3.63, 3.8) is 0 Å². The number of hydrogen-bond acceptors (Lipinski definition) is 4. The van der Waals surface area contributed by atoms with E-state index in [2.05, 4.69) is 5.32 Å². The average molecular weight is 591 g/mol. The molecule has 6 nitrogen and oxygen atoms in total. The van der Waals surface area contributed by atoms with Crippen molar-refractivity contribution in [2.75, 3.05) is 19.7 Å². The molecule has 0 unspecified atom stereocenters. The molecule has 0 spiro atoms. The molecule has 0 bridgehead atoms. The topological polar surface area (TPSA) is 95.9 Å². The number of aliphatic carboxylic acids is 2. The van der Waals surface area contributed by atoms with Gasteiger partial charge in [-0.25, -0.2) is 4.79 Å². The largest absolute Gasteiger partial charge is 0.494 e. The first-order valence-electron chi connectivity index (χ1n) is 11.6. The van der Waals surface area contributed by atoms with Gasteiger partial charge in [-0.2, -0.15) is 39.5 Å². The lowest BCUT2D eigenvalue weighted by Gasteiger charge is -2.14. The van der Waals surface area contributed by atoms with Gasteiger partial charge in [0, 0.05) is 6.54 Å². The smallest absolute Gasteiger partial charge is 0.490 e. The molecule has 2 rings (SSSR count). The second kappa shape index (κ2) is 15.3. The molecule has 0 radical (unpaired) electrons. The normalized spacial score (nSPS) is 11.9. The van der Waals surface area contributed by atoms with Gasteiger partial charge in [-0.15, -0.1) is 0 Å². The number of hydrogen-bond donors (Lipinski definition) is 3. The molecule has 0 fully saturated rings. The number of carboxylic acid groups (broad SMARTS) is 2. The Kier molecular flexibility index (Phi) is 13.2. The van der Waals surface area contributed by atoms with E-state index >= 15 is 0 Å². The van der Waals surface area contributed by atoms with Gasteiger partial charge in [0.15, 0.2) is 0 Å². The first-order valence-corrected chi connectivity index (χ1v) is 11.6. The van der Waals surface area contributed by atoms with Crippen LogP contribution in [-0.2, 0) is 34.8 Å². The van der Waals surface area contributed by atoms with Crippen LogP contribution in [0.4, 0.5) is 39.5 Å². The zero-order chi connectivity index (χ0) is 30.6. The summed E-state index contributed by atoms with van der Waals surface area (Å²) in [6.07, 6.45) is -12.8. The minimum absolute atomic E-state index is 0.0139. The third-order valence-electron chi connectivity index (χ3n) is 5.03. The van der Waals surface area contributed by atoms with E-state index in [1.807, 2.05) is 12.1 Å². The summed E-state index contributed by atoms with van der Waals surface area (Å²) in [5.41, 5.74) is -1.62. The Labute approximate surface area is 222 Å². The van der Waals surface area contributed by atoms with E-state index in [9.17, 15) is 44.3 Å². The summed E-state index contributed by atoms with van der Waals surface area (Å²) < 4.78 is 115. The number of benzene rings is 2. The molecule has 0 aromatic heterocycles. The maximum Gasteiger partial charge on any atom is 0.490 e. The lowest BCUT2D eigenvalue weighted by atomic mass is 10.0. The van der Waals surface area contributed by atoms with Crippen molar-refractivity contribution in [2.24, 2.45) is 0 Å². The maximum absolute atomic E-state index is 12.9. The number of nitrogens with one attached hydrogen (secondary N) is 1. The fraction of sp³-hybridized carbons (Fsp3) is 0.440. The molecule has 0 amide bonds. The molecule has 3 N–H and O–H groups in total. The van der Waals surface area contributed by atoms with Gasteiger partial charge >= 0.3 is 30.5 Å². The van der Waals surface area contributed by atoms with E-state index < -0.39 is 41.6 Å². The molecular formula is C25H26F9NO5. The highest BCUT2D eigenvalue weighted by Gasteiger charge is 2.38. The molecule has 0 saturated carbocycles. The first-order chi connectivity index (χ1) is 18.4. The molecule has 2 aromatic carbocycles. The van der Waals surface area contributed by atoms with Gasteiger partial charge in [-0.1, -0.05) is 12.1 Å². The van der Waals surface area contributed by atoms with E-state index in [0.29, 0.717) is 18.8 Å². The van der Waals surface area contributed by atoms with Crippen LogP contribution in [0.2, 0.25) is 0 Å². The number of aryl methyl sites for hydroxylation is 2. The van der Waals surface area contributed by atoms with Crippen LogP contribution in [0.5, 0.6) is 5.75 Å². The minimum atomic E-state index is -5.08. The Morgan fingerprint density at radius 1 is 0.725 bits per heavy atom. The second-order valence-corrected chi connectivity index (χ2v) is 8.31. The summed E-state index contributed by atoms with van der Waals surface area (Å²) >= 11 is 0. The summed E-state index contributed by atoms with van der Waals surface area (Å²) in [5, 5.41) is 18.7. The molecule has 0 saturated heterocycles. The van der Waals surface area contributed by atoms with Crippen molar-refractivity contribution in [2.45, 2.75) is 50.6 Å². The predicted octanol–water partition coefficient (Wildman–Crippen LogP) is 6.37. The molecule has 0 aliphatic rings. The van der Waals surface area contributed by atoms with Gasteiger partial charge in [-0.05, 0) is 73.7 Å². The Morgan fingerprint density at radius 2 is 1.23 bits per heavy atom. The molecule has 15 heteroatoms.